The highest BCUT2D eigenvalue weighted by Gasteiger charge is 2.15. The summed E-state index contributed by atoms with van der Waals surface area (Å²) in [5, 5.41) is 4.97. The third kappa shape index (κ3) is 4.42. The lowest BCUT2D eigenvalue weighted by Crippen LogP contribution is -2.37. The van der Waals surface area contributed by atoms with E-state index in [9.17, 15) is 0 Å². The van der Waals surface area contributed by atoms with Crippen LogP contribution in [0.25, 0.3) is 0 Å². The molecule has 0 atom stereocenters. The molecule has 1 fully saturated rings. The van der Waals surface area contributed by atoms with Gasteiger partial charge >= 0.3 is 0 Å². The lowest BCUT2D eigenvalue weighted by atomic mass is 10.1. The van der Waals surface area contributed by atoms with E-state index in [1.807, 2.05) is 38.1 Å². The SMILES string of the molecule is COc1ccc(/C(C)=N/Nc2cc(C)nc(N3CCOCC3)n2)cc1Cl. The Morgan fingerprint density at radius 3 is 2.73 bits per heavy atom. The van der Waals surface area contributed by atoms with Gasteiger partial charge in [-0.05, 0) is 37.6 Å². The van der Waals surface area contributed by atoms with Gasteiger partial charge in [-0.1, -0.05) is 11.6 Å². The second-order valence-corrected chi connectivity index (χ2v) is 6.36. The van der Waals surface area contributed by atoms with E-state index in [1.165, 1.54) is 0 Å². The minimum Gasteiger partial charge on any atom is -0.495 e. The number of aromatic nitrogens is 2. The molecule has 0 bridgehead atoms. The zero-order chi connectivity index (χ0) is 18.5. The Morgan fingerprint density at radius 1 is 1.27 bits per heavy atom. The van der Waals surface area contributed by atoms with Crippen LogP contribution in [0.4, 0.5) is 11.8 Å². The van der Waals surface area contributed by atoms with E-state index in [0.717, 1.165) is 30.1 Å². The third-order valence-electron chi connectivity index (χ3n) is 4.04. The molecule has 138 valence electrons. The van der Waals surface area contributed by atoms with Crippen molar-refractivity contribution in [1.29, 1.82) is 0 Å². The molecule has 2 heterocycles. The first-order valence-electron chi connectivity index (χ1n) is 8.39. The number of morpholine rings is 1. The van der Waals surface area contributed by atoms with Crippen LogP contribution in [0.15, 0.2) is 29.4 Å². The normalized spacial score (nSPS) is 15.1. The number of nitrogens with one attached hydrogen (secondary N) is 1. The summed E-state index contributed by atoms with van der Waals surface area (Å²) in [5.41, 5.74) is 5.59. The summed E-state index contributed by atoms with van der Waals surface area (Å²) < 4.78 is 10.6. The van der Waals surface area contributed by atoms with Crippen LogP contribution in [-0.2, 0) is 4.74 Å². The van der Waals surface area contributed by atoms with Crippen LogP contribution in [0.1, 0.15) is 18.2 Å². The molecule has 0 spiro atoms. The highest BCUT2D eigenvalue weighted by Crippen LogP contribution is 2.25. The molecule has 26 heavy (non-hydrogen) atoms. The van der Waals surface area contributed by atoms with E-state index in [2.05, 4.69) is 25.4 Å². The van der Waals surface area contributed by atoms with E-state index in [1.54, 1.807) is 7.11 Å². The first-order chi connectivity index (χ1) is 12.6. The Hall–Kier alpha value is -2.38. The van der Waals surface area contributed by atoms with Gasteiger partial charge in [-0.2, -0.15) is 10.1 Å². The average Bonchev–Trinajstić information content (AvgIpc) is 2.66. The van der Waals surface area contributed by atoms with Gasteiger partial charge in [0, 0.05) is 24.8 Å². The molecule has 1 aromatic heterocycles. The maximum atomic E-state index is 6.18. The van der Waals surface area contributed by atoms with Crippen LogP contribution in [0.2, 0.25) is 5.02 Å². The smallest absolute Gasteiger partial charge is 0.227 e. The maximum absolute atomic E-state index is 6.18. The zero-order valence-corrected chi connectivity index (χ0v) is 15.9. The van der Waals surface area contributed by atoms with Crippen LogP contribution >= 0.6 is 11.6 Å². The van der Waals surface area contributed by atoms with Gasteiger partial charge in [0.1, 0.15) is 5.75 Å². The number of aryl methyl sites for hydroxylation is 1. The van der Waals surface area contributed by atoms with Crippen LogP contribution in [0, 0.1) is 6.92 Å². The molecule has 7 nitrogen and oxygen atoms in total. The van der Waals surface area contributed by atoms with Gasteiger partial charge in [-0.15, -0.1) is 0 Å². The maximum Gasteiger partial charge on any atom is 0.227 e. The number of hydrogen-bond acceptors (Lipinski definition) is 7. The lowest BCUT2D eigenvalue weighted by Gasteiger charge is -2.27. The standard InChI is InChI=1S/C18H22ClN5O2/c1-12-10-17(21-18(20-12)24-6-8-26-9-7-24)23-22-13(2)14-4-5-16(25-3)15(19)11-14/h4-5,10-11H,6-9H2,1-3H3,(H,20,21,23)/b22-13+. The van der Waals surface area contributed by atoms with Crippen molar-refractivity contribution in [2.75, 3.05) is 43.7 Å². The summed E-state index contributed by atoms with van der Waals surface area (Å²) in [6.45, 7) is 6.80. The average molecular weight is 376 g/mol. The summed E-state index contributed by atoms with van der Waals surface area (Å²) in [6.07, 6.45) is 0. The highest BCUT2D eigenvalue weighted by molar-refractivity contribution is 6.32. The fourth-order valence-corrected chi connectivity index (χ4v) is 2.87. The van der Waals surface area contributed by atoms with Gasteiger partial charge in [0.25, 0.3) is 0 Å². The van der Waals surface area contributed by atoms with Gasteiger partial charge < -0.3 is 14.4 Å². The highest BCUT2D eigenvalue weighted by atomic mass is 35.5. The molecule has 1 aromatic carbocycles. The fraction of sp³-hybridized carbons (Fsp3) is 0.389. The number of methoxy groups -OCH3 is 1. The Morgan fingerprint density at radius 2 is 2.04 bits per heavy atom. The van der Waals surface area contributed by atoms with Crippen molar-refractivity contribution in [3.05, 3.63) is 40.5 Å². The molecule has 0 amide bonds. The summed E-state index contributed by atoms with van der Waals surface area (Å²) in [5.74, 6) is 1.98. The van der Waals surface area contributed by atoms with E-state index in [4.69, 9.17) is 21.1 Å². The van der Waals surface area contributed by atoms with E-state index in [0.29, 0.717) is 35.8 Å². The molecule has 3 rings (SSSR count). The number of ether oxygens (including phenoxy) is 2. The molecule has 0 saturated carbocycles. The van der Waals surface area contributed by atoms with Crippen molar-refractivity contribution in [2.45, 2.75) is 13.8 Å². The molecule has 0 aliphatic carbocycles. The van der Waals surface area contributed by atoms with Crippen molar-refractivity contribution in [1.82, 2.24) is 9.97 Å². The van der Waals surface area contributed by atoms with Gasteiger partial charge in [-0.3, -0.25) is 5.43 Å². The topological polar surface area (TPSA) is 71.9 Å². The Labute approximate surface area is 158 Å². The summed E-state index contributed by atoms with van der Waals surface area (Å²) in [7, 11) is 1.59. The van der Waals surface area contributed by atoms with Crippen LogP contribution in [0.5, 0.6) is 5.75 Å². The number of benzene rings is 1. The minimum absolute atomic E-state index is 0.548. The Balaban J connectivity index is 1.76. The quantitative estimate of drug-likeness (QED) is 0.639. The number of hydrazone groups is 1. The van der Waals surface area contributed by atoms with Crippen LogP contribution in [-0.4, -0.2) is 49.1 Å². The number of halogens is 1. The van der Waals surface area contributed by atoms with E-state index < -0.39 is 0 Å². The molecule has 1 saturated heterocycles. The molecule has 0 radical (unpaired) electrons. The first kappa shape index (κ1) is 18.4. The molecule has 8 heteroatoms. The van der Waals surface area contributed by atoms with Crippen LogP contribution in [0.3, 0.4) is 0 Å². The summed E-state index contributed by atoms with van der Waals surface area (Å²) in [6, 6.07) is 7.42. The Bertz CT molecular complexity index is 806. The fourth-order valence-electron chi connectivity index (χ4n) is 2.61. The van der Waals surface area contributed by atoms with Crippen molar-refractivity contribution in [3.8, 4) is 5.75 Å². The molecule has 1 aliphatic heterocycles. The third-order valence-corrected chi connectivity index (χ3v) is 4.34. The molecular formula is C18H22ClN5O2. The first-order valence-corrected chi connectivity index (χ1v) is 8.77. The van der Waals surface area contributed by atoms with Crippen molar-refractivity contribution >= 4 is 29.1 Å². The van der Waals surface area contributed by atoms with Gasteiger partial charge in [0.15, 0.2) is 5.82 Å². The monoisotopic (exact) mass is 375 g/mol. The number of rotatable bonds is 5. The Kier molecular flexibility index (Phi) is 5.90. The second-order valence-electron chi connectivity index (χ2n) is 5.95. The lowest BCUT2D eigenvalue weighted by molar-refractivity contribution is 0.122. The van der Waals surface area contributed by atoms with Crippen molar-refractivity contribution in [3.63, 3.8) is 0 Å². The van der Waals surface area contributed by atoms with E-state index in [-0.39, 0.29) is 0 Å². The van der Waals surface area contributed by atoms with Crippen molar-refractivity contribution < 1.29 is 9.47 Å². The van der Waals surface area contributed by atoms with Crippen molar-refractivity contribution in [2.24, 2.45) is 5.10 Å². The second kappa shape index (κ2) is 8.33. The predicted octanol–water partition coefficient (Wildman–Crippen LogP) is 3.12. The predicted molar refractivity (Wildman–Crippen MR) is 104 cm³/mol. The van der Waals surface area contributed by atoms with Gasteiger partial charge in [0.2, 0.25) is 5.95 Å². The summed E-state index contributed by atoms with van der Waals surface area (Å²) in [4.78, 5) is 11.2. The van der Waals surface area contributed by atoms with Gasteiger partial charge in [0.05, 0.1) is 31.1 Å². The zero-order valence-electron chi connectivity index (χ0n) is 15.1. The number of nitrogens with zero attached hydrogens (tertiary/aromatic N) is 4. The largest absolute Gasteiger partial charge is 0.495 e. The molecule has 0 unspecified atom stereocenters. The number of anilines is 2. The molecular weight excluding hydrogens is 354 g/mol. The molecule has 1 N–H and O–H groups in total. The summed E-state index contributed by atoms with van der Waals surface area (Å²) >= 11 is 6.18. The van der Waals surface area contributed by atoms with E-state index >= 15 is 0 Å². The molecule has 2 aromatic rings. The minimum atomic E-state index is 0.548. The molecule has 1 aliphatic rings. The number of hydrogen-bond donors (Lipinski definition) is 1. The van der Waals surface area contributed by atoms with Crippen LogP contribution < -0.4 is 15.1 Å². The van der Waals surface area contributed by atoms with Gasteiger partial charge in [-0.25, -0.2) is 4.98 Å².